The molecule has 0 unspecified atom stereocenters. The van der Waals surface area contributed by atoms with Crippen LogP contribution in [0.2, 0.25) is 0 Å². The maximum Gasteiger partial charge on any atom is 0.163 e. The lowest BCUT2D eigenvalue weighted by molar-refractivity contribution is 0.0667. The van der Waals surface area contributed by atoms with Crippen LogP contribution in [0.15, 0.2) is 12.1 Å². The number of fused-ring (bicyclic) bond motifs is 2. The minimum absolute atomic E-state index is 0. The molecule has 0 saturated heterocycles. The largest absolute Gasteiger partial charge is 0.486 e. The van der Waals surface area contributed by atoms with Gasteiger partial charge in [0.05, 0.1) is 30.9 Å². The molecule has 1 aromatic heterocycles. The molecule has 2 heterocycles. The van der Waals surface area contributed by atoms with Crippen molar-refractivity contribution >= 4 is 35.8 Å². The third-order valence-corrected chi connectivity index (χ3v) is 3.75. The van der Waals surface area contributed by atoms with Crippen LogP contribution in [0.4, 0.5) is 0 Å². The second-order valence-electron chi connectivity index (χ2n) is 5.31. The summed E-state index contributed by atoms with van der Waals surface area (Å²) in [5.74, 6) is 2.48. The Kier molecular flexibility index (Phi) is 9.31. The van der Waals surface area contributed by atoms with E-state index < -0.39 is 0 Å². The minimum atomic E-state index is 0. The van der Waals surface area contributed by atoms with E-state index in [-0.39, 0.29) is 24.8 Å². The molecule has 7 nitrogen and oxygen atoms in total. The first kappa shape index (κ1) is 21.8. The van der Waals surface area contributed by atoms with Gasteiger partial charge in [0.2, 0.25) is 0 Å². The summed E-state index contributed by atoms with van der Waals surface area (Å²) >= 11 is 0. The van der Waals surface area contributed by atoms with E-state index in [0.717, 1.165) is 41.3 Å². The maximum atomic E-state index is 5.72. The Balaban J connectivity index is 0.00000156. The van der Waals surface area contributed by atoms with Crippen LogP contribution in [0.3, 0.4) is 0 Å². The first-order chi connectivity index (χ1) is 11.3. The van der Waals surface area contributed by atoms with Crippen LogP contribution in [-0.2, 0) is 22.4 Å². The standard InChI is InChI=1S/C16H23N3O4.2ClH/c1-20-6-7-21-5-4-19-13-11-15-14(22-8-9-23-15)10-12(13)18-16(19)2-3-17;;/h10-11H,2-9,17H2,1H3;2*1H. The van der Waals surface area contributed by atoms with Gasteiger partial charge in [0.25, 0.3) is 0 Å². The van der Waals surface area contributed by atoms with Crippen molar-refractivity contribution in [1.82, 2.24) is 9.55 Å². The van der Waals surface area contributed by atoms with E-state index in [1.165, 1.54) is 0 Å². The number of imidazole rings is 1. The zero-order chi connectivity index (χ0) is 16.1. The zero-order valence-electron chi connectivity index (χ0n) is 14.2. The van der Waals surface area contributed by atoms with Crippen LogP contribution in [-0.4, -0.2) is 56.2 Å². The molecule has 3 rings (SSSR count). The zero-order valence-corrected chi connectivity index (χ0v) is 15.9. The SMILES string of the molecule is COCCOCCn1c(CCN)nc2cc3c(cc21)OCCO3.Cl.Cl. The van der Waals surface area contributed by atoms with Crippen LogP contribution < -0.4 is 15.2 Å². The molecule has 2 N–H and O–H groups in total. The summed E-state index contributed by atoms with van der Waals surface area (Å²) in [4.78, 5) is 4.69. The number of methoxy groups -OCH3 is 1. The fourth-order valence-electron chi connectivity index (χ4n) is 2.68. The molecular formula is C16H25Cl2N3O4. The van der Waals surface area contributed by atoms with Gasteiger partial charge in [-0.25, -0.2) is 4.98 Å². The second-order valence-corrected chi connectivity index (χ2v) is 5.31. The van der Waals surface area contributed by atoms with Gasteiger partial charge in [0.1, 0.15) is 19.0 Å². The topological polar surface area (TPSA) is 80.8 Å². The lowest BCUT2D eigenvalue weighted by Gasteiger charge is -2.18. The molecular weight excluding hydrogens is 369 g/mol. The maximum absolute atomic E-state index is 5.72. The smallest absolute Gasteiger partial charge is 0.163 e. The first-order valence-corrected chi connectivity index (χ1v) is 7.89. The number of benzene rings is 1. The fraction of sp³-hybridized carbons (Fsp3) is 0.562. The van der Waals surface area contributed by atoms with Gasteiger partial charge in [-0.3, -0.25) is 0 Å². The van der Waals surface area contributed by atoms with Crippen LogP contribution in [0.25, 0.3) is 11.0 Å². The van der Waals surface area contributed by atoms with Crippen molar-refractivity contribution in [2.24, 2.45) is 5.73 Å². The number of hydrogen-bond donors (Lipinski definition) is 1. The third-order valence-electron chi connectivity index (χ3n) is 3.75. The summed E-state index contributed by atoms with van der Waals surface area (Å²) in [6.45, 7) is 4.20. The number of halogens is 2. The molecule has 25 heavy (non-hydrogen) atoms. The Hall–Kier alpha value is -1.25. The first-order valence-electron chi connectivity index (χ1n) is 7.89. The third kappa shape index (κ3) is 5.12. The van der Waals surface area contributed by atoms with Crippen LogP contribution in [0.1, 0.15) is 5.82 Å². The molecule has 0 fully saturated rings. The summed E-state index contributed by atoms with van der Waals surface area (Å²) in [7, 11) is 1.66. The predicted molar refractivity (Wildman–Crippen MR) is 101 cm³/mol. The molecule has 1 aliphatic rings. The van der Waals surface area contributed by atoms with Crippen molar-refractivity contribution in [3.05, 3.63) is 18.0 Å². The highest BCUT2D eigenvalue weighted by Crippen LogP contribution is 2.34. The average molecular weight is 394 g/mol. The molecule has 1 aromatic carbocycles. The molecule has 0 atom stereocenters. The Bertz CT molecular complexity index is 666. The molecule has 142 valence electrons. The van der Waals surface area contributed by atoms with E-state index >= 15 is 0 Å². The summed E-state index contributed by atoms with van der Waals surface area (Å²) in [6, 6.07) is 3.93. The molecule has 0 aliphatic carbocycles. The van der Waals surface area contributed by atoms with Crippen molar-refractivity contribution in [3.63, 3.8) is 0 Å². The van der Waals surface area contributed by atoms with Gasteiger partial charge in [-0.15, -0.1) is 24.8 Å². The highest BCUT2D eigenvalue weighted by molar-refractivity contribution is 5.85. The molecule has 0 radical (unpaired) electrons. The lowest BCUT2D eigenvalue weighted by Crippen LogP contribution is -2.16. The normalized spacial score (nSPS) is 12.6. The van der Waals surface area contributed by atoms with Gasteiger partial charge < -0.3 is 29.2 Å². The Labute approximate surface area is 159 Å². The molecule has 0 saturated carbocycles. The van der Waals surface area contributed by atoms with E-state index in [0.29, 0.717) is 39.6 Å². The molecule has 0 amide bonds. The Morgan fingerprint density at radius 3 is 2.52 bits per heavy atom. The van der Waals surface area contributed by atoms with Crippen LogP contribution in [0, 0.1) is 0 Å². The highest BCUT2D eigenvalue weighted by Gasteiger charge is 2.17. The van der Waals surface area contributed by atoms with Gasteiger partial charge in [0, 0.05) is 32.2 Å². The van der Waals surface area contributed by atoms with Gasteiger partial charge >= 0.3 is 0 Å². The van der Waals surface area contributed by atoms with Gasteiger partial charge in [-0.1, -0.05) is 0 Å². The second kappa shape index (κ2) is 10.7. The predicted octanol–water partition coefficient (Wildman–Crippen LogP) is 1.82. The quantitative estimate of drug-likeness (QED) is 0.688. The summed E-state index contributed by atoms with van der Waals surface area (Å²) in [5.41, 5.74) is 7.64. The van der Waals surface area contributed by atoms with Crippen molar-refractivity contribution in [2.45, 2.75) is 13.0 Å². The summed E-state index contributed by atoms with van der Waals surface area (Å²) < 4.78 is 24.0. The van der Waals surface area contributed by atoms with Crippen molar-refractivity contribution in [3.8, 4) is 11.5 Å². The Morgan fingerprint density at radius 1 is 1.12 bits per heavy atom. The lowest BCUT2D eigenvalue weighted by atomic mass is 10.2. The highest BCUT2D eigenvalue weighted by atomic mass is 35.5. The van der Waals surface area contributed by atoms with Crippen LogP contribution >= 0.6 is 24.8 Å². The number of nitrogens with two attached hydrogens (primary N) is 1. The van der Waals surface area contributed by atoms with Crippen molar-refractivity contribution in [2.75, 3.05) is 46.7 Å². The van der Waals surface area contributed by atoms with Crippen LogP contribution in [0.5, 0.6) is 11.5 Å². The number of hydrogen-bond acceptors (Lipinski definition) is 6. The molecule has 0 spiro atoms. The van der Waals surface area contributed by atoms with Crippen molar-refractivity contribution < 1.29 is 18.9 Å². The molecule has 0 bridgehead atoms. The van der Waals surface area contributed by atoms with E-state index in [1.807, 2.05) is 12.1 Å². The average Bonchev–Trinajstić information content (AvgIpc) is 2.89. The number of ether oxygens (including phenoxy) is 4. The van der Waals surface area contributed by atoms with E-state index in [1.54, 1.807) is 7.11 Å². The number of aromatic nitrogens is 2. The van der Waals surface area contributed by atoms with E-state index in [4.69, 9.17) is 29.7 Å². The van der Waals surface area contributed by atoms with Crippen molar-refractivity contribution in [1.29, 1.82) is 0 Å². The van der Waals surface area contributed by atoms with Gasteiger partial charge in [0.15, 0.2) is 11.5 Å². The molecule has 9 heteroatoms. The van der Waals surface area contributed by atoms with E-state index in [2.05, 4.69) is 4.57 Å². The van der Waals surface area contributed by atoms with Gasteiger partial charge in [-0.2, -0.15) is 0 Å². The van der Waals surface area contributed by atoms with E-state index in [9.17, 15) is 0 Å². The fourth-order valence-corrected chi connectivity index (χ4v) is 2.68. The monoisotopic (exact) mass is 393 g/mol. The number of nitrogens with zero attached hydrogens (tertiary/aromatic N) is 2. The Morgan fingerprint density at radius 2 is 1.84 bits per heavy atom. The summed E-state index contributed by atoms with van der Waals surface area (Å²) in [5, 5.41) is 0. The molecule has 2 aromatic rings. The minimum Gasteiger partial charge on any atom is -0.486 e. The molecule has 1 aliphatic heterocycles. The summed E-state index contributed by atoms with van der Waals surface area (Å²) in [6.07, 6.45) is 0.721. The van der Waals surface area contributed by atoms with Gasteiger partial charge in [-0.05, 0) is 6.54 Å². The number of rotatable bonds is 8.